The monoisotopic (exact) mass is 376 g/mol. The maximum absolute atomic E-state index is 12.8. The van der Waals surface area contributed by atoms with Crippen molar-refractivity contribution < 1.29 is 14.7 Å². The normalized spacial score (nSPS) is 20.0. The van der Waals surface area contributed by atoms with E-state index in [1.165, 1.54) is 4.90 Å². The Hall–Kier alpha value is -2.41. The third-order valence-electron chi connectivity index (χ3n) is 4.70. The molecule has 1 aliphatic heterocycles. The van der Waals surface area contributed by atoms with Crippen molar-refractivity contribution in [1.82, 2.24) is 19.7 Å². The van der Waals surface area contributed by atoms with Crippen molar-refractivity contribution in [3.8, 4) is 5.69 Å². The van der Waals surface area contributed by atoms with Crippen LogP contribution in [-0.2, 0) is 4.79 Å². The van der Waals surface area contributed by atoms with E-state index in [0.29, 0.717) is 29.5 Å². The Balaban J connectivity index is 1.95. The third kappa shape index (κ3) is 3.19. The molecule has 1 saturated heterocycles. The van der Waals surface area contributed by atoms with E-state index in [1.54, 1.807) is 17.7 Å². The minimum Gasteiger partial charge on any atom is -0.481 e. The van der Waals surface area contributed by atoms with E-state index < -0.39 is 11.4 Å². The number of hydrogen-bond acceptors (Lipinski definition) is 4. The first kappa shape index (κ1) is 18.4. The van der Waals surface area contributed by atoms with Crippen molar-refractivity contribution in [2.75, 3.05) is 13.1 Å². The number of amides is 1. The van der Waals surface area contributed by atoms with Crippen molar-refractivity contribution in [3.05, 3.63) is 40.9 Å². The van der Waals surface area contributed by atoms with E-state index in [0.717, 1.165) is 0 Å². The molecule has 1 aromatic heterocycles. The molecule has 0 saturated carbocycles. The SMILES string of the molecule is CC(C)c1nc(C(=O)N2CCC(C)(C(=O)O)C2)nn1-c1ccccc1Cl. The van der Waals surface area contributed by atoms with Gasteiger partial charge < -0.3 is 10.0 Å². The Kier molecular flexibility index (Phi) is 4.75. The predicted molar refractivity (Wildman–Crippen MR) is 96.7 cm³/mol. The smallest absolute Gasteiger partial charge is 0.311 e. The molecule has 1 aliphatic rings. The van der Waals surface area contributed by atoms with Crippen LogP contribution in [0.3, 0.4) is 0 Å². The first-order valence-corrected chi connectivity index (χ1v) is 8.85. The summed E-state index contributed by atoms with van der Waals surface area (Å²) in [6.45, 7) is 6.10. The highest BCUT2D eigenvalue weighted by atomic mass is 35.5. The van der Waals surface area contributed by atoms with Crippen LogP contribution in [0.4, 0.5) is 0 Å². The Labute approximate surface area is 156 Å². The molecule has 0 aliphatic carbocycles. The maximum Gasteiger partial charge on any atom is 0.311 e. The van der Waals surface area contributed by atoms with Crippen LogP contribution >= 0.6 is 11.6 Å². The number of halogens is 1. The van der Waals surface area contributed by atoms with Gasteiger partial charge in [0.05, 0.1) is 16.1 Å². The van der Waals surface area contributed by atoms with Gasteiger partial charge in [-0.1, -0.05) is 37.6 Å². The lowest BCUT2D eigenvalue weighted by Gasteiger charge is -2.19. The van der Waals surface area contributed by atoms with Crippen molar-refractivity contribution in [2.24, 2.45) is 5.41 Å². The molecule has 1 amide bonds. The van der Waals surface area contributed by atoms with Crippen molar-refractivity contribution in [3.63, 3.8) is 0 Å². The molecular weight excluding hydrogens is 356 g/mol. The van der Waals surface area contributed by atoms with E-state index >= 15 is 0 Å². The van der Waals surface area contributed by atoms with Crippen LogP contribution in [0.25, 0.3) is 5.69 Å². The lowest BCUT2D eigenvalue weighted by Crippen LogP contribution is -2.35. The number of para-hydroxylation sites is 1. The van der Waals surface area contributed by atoms with Gasteiger partial charge in [-0.3, -0.25) is 9.59 Å². The zero-order chi connectivity index (χ0) is 19.1. The van der Waals surface area contributed by atoms with E-state index in [4.69, 9.17) is 11.6 Å². The van der Waals surface area contributed by atoms with Gasteiger partial charge in [0.2, 0.25) is 5.82 Å². The number of carboxylic acids is 1. The van der Waals surface area contributed by atoms with E-state index in [9.17, 15) is 14.7 Å². The second-order valence-corrected chi connectivity index (χ2v) is 7.56. The fourth-order valence-electron chi connectivity index (χ4n) is 3.04. The summed E-state index contributed by atoms with van der Waals surface area (Å²) in [5.74, 6) is -0.541. The van der Waals surface area contributed by atoms with Gasteiger partial charge in [-0.25, -0.2) is 9.67 Å². The third-order valence-corrected chi connectivity index (χ3v) is 5.02. The van der Waals surface area contributed by atoms with E-state index in [1.807, 2.05) is 32.0 Å². The molecule has 2 aromatic rings. The number of carbonyl (C=O) groups excluding carboxylic acids is 1. The number of aromatic nitrogens is 3. The van der Waals surface area contributed by atoms with Gasteiger partial charge in [-0.05, 0) is 25.5 Å². The van der Waals surface area contributed by atoms with Gasteiger partial charge >= 0.3 is 5.97 Å². The van der Waals surface area contributed by atoms with Gasteiger partial charge in [-0.15, -0.1) is 5.10 Å². The second-order valence-electron chi connectivity index (χ2n) is 7.15. The molecule has 0 spiro atoms. The highest BCUT2D eigenvalue weighted by Crippen LogP contribution is 2.31. The number of likely N-dealkylation sites (tertiary alicyclic amines) is 1. The quantitative estimate of drug-likeness (QED) is 0.886. The van der Waals surface area contributed by atoms with Crippen molar-refractivity contribution >= 4 is 23.5 Å². The van der Waals surface area contributed by atoms with Gasteiger partial charge in [0, 0.05) is 19.0 Å². The molecule has 3 rings (SSSR count). The highest BCUT2D eigenvalue weighted by molar-refractivity contribution is 6.32. The number of nitrogens with zero attached hydrogens (tertiary/aromatic N) is 4. The highest BCUT2D eigenvalue weighted by Gasteiger charge is 2.43. The molecule has 138 valence electrons. The van der Waals surface area contributed by atoms with Crippen molar-refractivity contribution in [2.45, 2.75) is 33.1 Å². The summed E-state index contributed by atoms with van der Waals surface area (Å²) in [5.41, 5.74) is -0.275. The molecule has 1 atom stereocenters. The first-order chi connectivity index (χ1) is 12.2. The lowest BCUT2D eigenvalue weighted by molar-refractivity contribution is -0.147. The van der Waals surface area contributed by atoms with Crippen LogP contribution in [0, 0.1) is 5.41 Å². The molecule has 1 aromatic carbocycles. The molecule has 26 heavy (non-hydrogen) atoms. The molecule has 1 unspecified atom stereocenters. The summed E-state index contributed by atoms with van der Waals surface area (Å²) in [5, 5.41) is 14.2. The number of benzene rings is 1. The zero-order valence-corrected chi connectivity index (χ0v) is 15.7. The summed E-state index contributed by atoms with van der Waals surface area (Å²) in [7, 11) is 0. The number of rotatable bonds is 4. The zero-order valence-electron chi connectivity index (χ0n) is 14.9. The first-order valence-electron chi connectivity index (χ1n) is 8.47. The number of hydrogen-bond donors (Lipinski definition) is 1. The fraction of sp³-hybridized carbons (Fsp3) is 0.444. The summed E-state index contributed by atoms with van der Waals surface area (Å²) in [6, 6.07) is 7.23. The average molecular weight is 377 g/mol. The van der Waals surface area contributed by atoms with Gasteiger partial charge in [-0.2, -0.15) is 0 Å². The van der Waals surface area contributed by atoms with E-state index in [-0.39, 0.29) is 24.2 Å². The molecule has 2 heterocycles. The standard InChI is InChI=1S/C18H21ClN4O3/c1-11(2)15-20-14(21-23(15)13-7-5-4-6-12(13)19)16(24)22-9-8-18(3,10-22)17(25)26/h4-7,11H,8-10H2,1-3H3,(H,25,26). The van der Waals surface area contributed by atoms with Crippen molar-refractivity contribution in [1.29, 1.82) is 0 Å². The molecular formula is C18H21ClN4O3. The summed E-state index contributed by atoms with van der Waals surface area (Å²) >= 11 is 6.27. The minimum atomic E-state index is -0.929. The molecule has 7 nitrogen and oxygen atoms in total. The molecule has 1 fully saturated rings. The Morgan fingerprint density at radius 2 is 2.00 bits per heavy atom. The largest absolute Gasteiger partial charge is 0.481 e. The van der Waals surface area contributed by atoms with Crippen LogP contribution < -0.4 is 0 Å². The topological polar surface area (TPSA) is 88.3 Å². The summed E-state index contributed by atoms with van der Waals surface area (Å²) < 4.78 is 1.59. The van der Waals surface area contributed by atoms with Crippen LogP contribution in [-0.4, -0.2) is 49.7 Å². The Morgan fingerprint density at radius 3 is 2.58 bits per heavy atom. The maximum atomic E-state index is 12.8. The van der Waals surface area contributed by atoms with Gasteiger partial charge in [0.25, 0.3) is 5.91 Å². The number of carboxylic acid groups (broad SMARTS) is 1. The average Bonchev–Trinajstić information content (AvgIpc) is 3.20. The van der Waals surface area contributed by atoms with Gasteiger partial charge in [0.1, 0.15) is 5.82 Å². The molecule has 0 radical (unpaired) electrons. The predicted octanol–water partition coefficient (Wildman–Crippen LogP) is 2.98. The summed E-state index contributed by atoms with van der Waals surface area (Å²) in [4.78, 5) is 30.2. The summed E-state index contributed by atoms with van der Waals surface area (Å²) in [6.07, 6.45) is 0.413. The molecule has 8 heteroatoms. The number of carbonyl (C=O) groups is 2. The second kappa shape index (κ2) is 6.72. The van der Waals surface area contributed by atoms with Crippen LogP contribution in [0.1, 0.15) is 49.6 Å². The minimum absolute atomic E-state index is 0.0307. The van der Waals surface area contributed by atoms with Crippen LogP contribution in [0.2, 0.25) is 5.02 Å². The fourth-order valence-corrected chi connectivity index (χ4v) is 3.26. The van der Waals surface area contributed by atoms with Crippen LogP contribution in [0.5, 0.6) is 0 Å². The van der Waals surface area contributed by atoms with Gasteiger partial charge in [0.15, 0.2) is 0 Å². The van der Waals surface area contributed by atoms with E-state index in [2.05, 4.69) is 10.1 Å². The number of aliphatic carboxylic acids is 1. The Bertz CT molecular complexity index is 864. The Morgan fingerprint density at radius 1 is 1.31 bits per heavy atom. The lowest BCUT2D eigenvalue weighted by atomic mass is 9.90. The van der Waals surface area contributed by atoms with Crippen LogP contribution in [0.15, 0.2) is 24.3 Å². The molecule has 1 N–H and O–H groups in total. The molecule has 0 bridgehead atoms.